The molecule has 1 aromatic heterocycles. The van der Waals surface area contributed by atoms with E-state index in [1.165, 1.54) is 0 Å². The Morgan fingerprint density at radius 3 is 2.94 bits per heavy atom. The lowest BCUT2D eigenvalue weighted by molar-refractivity contribution is -0.144. The summed E-state index contributed by atoms with van der Waals surface area (Å²) in [7, 11) is 1.69. The van der Waals surface area contributed by atoms with Crippen LogP contribution in [0.25, 0.3) is 0 Å². The van der Waals surface area contributed by atoms with Gasteiger partial charge in [-0.3, -0.25) is 4.79 Å². The van der Waals surface area contributed by atoms with Crippen LogP contribution in [0.1, 0.15) is 12.1 Å². The van der Waals surface area contributed by atoms with E-state index in [0.717, 1.165) is 0 Å². The fourth-order valence-electron chi connectivity index (χ4n) is 1.17. The maximum atomic E-state index is 10.3. The van der Waals surface area contributed by atoms with Crippen molar-refractivity contribution in [3.8, 4) is 5.88 Å². The highest BCUT2D eigenvalue weighted by Gasteiger charge is 2.14. The number of aliphatic hydroxyl groups is 1. The molecule has 1 rings (SSSR count). The Balaban J connectivity index is 2.84. The Hall–Kier alpha value is -1.76. The Labute approximate surface area is 93.5 Å². The molecule has 4 N–H and O–H groups in total. The van der Waals surface area contributed by atoms with Gasteiger partial charge in [0.25, 0.3) is 0 Å². The Morgan fingerprint density at radius 1 is 1.75 bits per heavy atom. The summed E-state index contributed by atoms with van der Waals surface area (Å²) in [4.78, 5) is 14.4. The van der Waals surface area contributed by atoms with Crippen molar-refractivity contribution in [2.45, 2.75) is 19.6 Å². The molecular formula is C9H13BN2O4. The Morgan fingerprint density at radius 2 is 2.38 bits per heavy atom. The lowest BCUT2D eigenvalue weighted by atomic mass is 9.95. The SMILES string of the molecule is Bc1c(N)cc(C)nc1OC(O)CC(=O)O. The first kappa shape index (κ1) is 12.3. The van der Waals surface area contributed by atoms with Crippen LogP contribution < -0.4 is 15.9 Å². The van der Waals surface area contributed by atoms with Crippen molar-refractivity contribution < 1.29 is 19.7 Å². The zero-order valence-corrected chi connectivity index (χ0v) is 9.10. The lowest BCUT2D eigenvalue weighted by Crippen LogP contribution is -2.25. The van der Waals surface area contributed by atoms with Gasteiger partial charge in [-0.2, -0.15) is 0 Å². The number of nitrogens with two attached hydrogens (primary N) is 1. The molecule has 1 heterocycles. The number of hydrogen-bond acceptors (Lipinski definition) is 5. The standard InChI is InChI=1S/C9H13BN2O4/c1-4-2-5(11)8(10)9(12-4)16-7(15)3-6(13)14/h2,7,15H,3,10H2,1H3,(H2,11,12)(H,13,14). The van der Waals surface area contributed by atoms with Crippen LogP contribution in [0.15, 0.2) is 6.07 Å². The highest BCUT2D eigenvalue weighted by molar-refractivity contribution is 6.37. The fraction of sp³-hybridized carbons (Fsp3) is 0.333. The number of pyridine rings is 1. The van der Waals surface area contributed by atoms with Gasteiger partial charge in [0.05, 0.1) is 0 Å². The predicted molar refractivity (Wildman–Crippen MR) is 60.5 cm³/mol. The van der Waals surface area contributed by atoms with Crippen LogP contribution in [-0.4, -0.2) is 35.3 Å². The molecule has 16 heavy (non-hydrogen) atoms. The smallest absolute Gasteiger partial charge is 0.309 e. The van der Waals surface area contributed by atoms with Gasteiger partial charge in [-0.15, -0.1) is 0 Å². The van der Waals surface area contributed by atoms with Crippen LogP contribution in [0.4, 0.5) is 5.69 Å². The van der Waals surface area contributed by atoms with Gasteiger partial charge in [0.1, 0.15) is 14.3 Å². The Kier molecular flexibility index (Phi) is 3.73. The minimum atomic E-state index is -1.43. The monoisotopic (exact) mass is 224 g/mol. The number of aryl methyl sites for hydroxylation is 1. The number of anilines is 1. The van der Waals surface area contributed by atoms with Crippen LogP contribution in [0.5, 0.6) is 5.88 Å². The molecule has 0 aliphatic carbocycles. The summed E-state index contributed by atoms with van der Waals surface area (Å²) in [5.74, 6) is -0.989. The number of ether oxygens (including phenoxy) is 1. The highest BCUT2D eigenvalue weighted by Crippen LogP contribution is 2.11. The van der Waals surface area contributed by atoms with Gasteiger partial charge in [-0.25, -0.2) is 4.98 Å². The lowest BCUT2D eigenvalue weighted by Gasteiger charge is -2.14. The minimum absolute atomic E-state index is 0.159. The van der Waals surface area contributed by atoms with Crippen molar-refractivity contribution in [3.63, 3.8) is 0 Å². The third kappa shape index (κ3) is 3.13. The molecule has 0 saturated heterocycles. The van der Waals surface area contributed by atoms with Crippen molar-refractivity contribution in [1.29, 1.82) is 0 Å². The first-order valence-corrected chi connectivity index (χ1v) is 4.70. The summed E-state index contributed by atoms with van der Waals surface area (Å²) in [5.41, 5.74) is 7.39. The molecule has 0 aliphatic heterocycles. The summed E-state index contributed by atoms with van der Waals surface area (Å²) in [5, 5.41) is 17.8. The molecule has 6 nitrogen and oxygen atoms in total. The molecule has 1 unspecified atom stereocenters. The van der Waals surface area contributed by atoms with E-state index >= 15 is 0 Å². The van der Waals surface area contributed by atoms with E-state index in [2.05, 4.69) is 4.98 Å². The second kappa shape index (κ2) is 4.85. The average molecular weight is 224 g/mol. The number of carboxylic acid groups (broad SMARTS) is 1. The summed E-state index contributed by atoms with van der Waals surface area (Å²) < 4.78 is 5.00. The van der Waals surface area contributed by atoms with Crippen LogP contribution in [0.2, 0.25) is 0 Å². The number of aliphatic carboxylic acids is 1. The van der Waals surface area contributed by atoms with E-state index in [4.69, 9.17) is 15.6 Å². The maximum absolute atomic E-state index is 10.3. The number of aromatic nitrogens is 1. The second-order valence-corrected chi connectivity index (χ2v) is 3.45. The van der Waals surface area contributed by atoms with Gasteiger partial charge in [-0.05, 0) is 18.5 Å². The van der Waals surface area contributed by atoms with Gasteiger partial charge in [0.15, 0.2) is 0 Å². The first-order chi connectivity index (χ1) is 7.40. The van der Waals surface area contributed by atoms with Gasteiger partial charge >= 0.3 is 5.97 Å². The van der Waals surface area contributed by atoms with E-state index in [1.54, 1.807) is 20.8 Å². The third-order valence-corrected chi connectivity index (χ3v) is 1.99. The summed E-state index contributed by atoms with van der Waals surface area (Å²) in [6.07, 6.45) is -1.93. The van der Waals surface area contributed by atoms with Crippen molar-refractivity contribution in [2.75, 3.05) is 5.73 Å². The molecule has 0 spiro atoms. The number of carboxylic acids is 1. The summed E-state index contributed by atoms with van der Waals surface area (Å²) in [6.45, 7) is 1.73. The van der Waals surface area contributed by atoms with E-state index in [1.807, 2.05) is 0 Å². The van der Waals surface area contributed by atoms with Crippen LogP contribution in [0, 0.1) is 6.92 Å². The average Bonchev–Trinajstić information content (AvgIpc) is 2.11. The second-order valence-electron chi connectivity index (χ2n) is 3.45. The molecule has 86 valence electrons. The summed E-state index contributed by atoms with van der Waals surface area (Å²) in [6, 6.07) is 1.67. The van der Waals surface area contributed by atoms with E-state index < -0.39 is 18.7 Å². The molecule has 0 aromatic carbocycles. The number of nitrogens with zero attached hydrogens (tertiary/aromatic N) is 1. The quantitative estimate of drug-likeness (QED) is 0.420. The zero-order valence-electron chi connectivity index (χ0n) is 9.10. The molecule has 0 amide bonds. The van der Waals surface area contributed by atoms with Gasteiger partial charge in [0.2, 0.25) is 12.2 Å². The highest BCUT2D eigenvalue weighted by atomic mass is 16.6. The number of aliphatic hydroxyl groups excluding tert-OH is 1. The summed E-state index contributed by atoms with van der Waals surface area (Å²) >= 11 is 0. The van der Waals surface area contributed by atoms with Crippen LogP contribution in [0.3, 0.4) is 0 Å². The van der Waals surface area contributed by atoms with Crippen molar-refractivity contribution in [3.05, 3.63) is 11.8 Å². The van der Waals surface area contributed by atoms with E-state index in [-0.39, 0.29) is 5.88 Å². The molecule has 0 aliphatic rings. The van der Waals surface area contributed by atoms with Gasteiger partial charge in [0, 0.05) is 11.4 Å². The molecule has 0 fully saturated rings. The number of carbonyl (C=O) groups is 1. The van der Waals surface area contributed by atoms with Crippen LogP contribution in [-0.2, 0) is 4.79 Å². The molecule has 1 atom stereocenters. The Bertz CT molecular complexity index is 411. The van der Waals surface area contributed by atoms with Gasteiger partial charge in [-0.1, -0.05) is 0 Å². The molecule has 0 saturated carbocycles. The van der Waals surface area contributed by atoms with Crippen LogP contribution >= 0.6 is 0 Å². The topological polar surface area (TPSA) is 106 Å². The first-order valence-electron chi connectivity index (χ1n) is 4.70. The van der Waals surface area contributed by atoms with Gasteiger partial charge < -0.3 is 20.7 Å². The largest absolute Gasteiger partial charge is 0.481 e. The maximum Gasteiger partial charge on any atom is 0.309 e. The third-order valence-electron chi connectivity index (χ3n) is 1.99. The van der Waals surface area contributed by atoms with E-state index in [0.29, 0.717) is 16.8 Å². The number of nitrogen functional groups attached to an aromatic ring is 1. The number of hydrogen-bond donors (Lipinski definition) is 3. The normalized spacial score (nSPS) is 12.1. The molecule has 0 bridgehead atoms. The van der Waals surface area contributed by atoms with Crippen molar-refractivity contribution in [2.24, 2.45) is 0 Å². The zero-order chi connectivity index (χ0) is 12.3. The van der Waals surface area contributed by atoms with E-state index in [9.17, 15) is 9.90 Å². The molecular weight excluding hydrogens is 211 g/mol. The van der Waals surface area contributed by atoms with Crippen molar-refractivity contribution in [1.82, 2.24) is 4.98 Å². The predicted octanol–water partition coefficient (Wildman–Crippen LogP) is -1.60. The molecule has 7 heteroatoms. The van der Waals surface area contributed by atoms with Crippen molar-refractivity contribution >= 4 is 25.0 Å². The number of rotatable bonds is 4. The fourth-order valence-corrected chi connectivity index (χ4v) is 1.17. The minimum Gasteiger partial charge on any atom is -0.481 e. The molecule has 0 radical (unpaired) electrons. The molecule has 1 aromatic rings.